The quantitative estimate of drug-likeness (QED) is 0.632. The predicted molar refractivity (Wildman–Crippen MR) is 96.1 cm³/mol. The largest absolute Gasteiger partial charge is 0.383 e. The summed E-state index contributed by atoms with van der Waals surface area (Å²) in [5, 5.41) is 0.125. The molecule has 0 amide bonds. The van der Waals surface area contributed by atoms with Crippen molar-refractivity contribution in [1.29, 1.82) is 0 Å². The number of likely N-dealkylation sites (N-methyl/N-ethyl adjacent to an activating group) is 1. The molecule has 0 radical (unpaired) electrons. The minimum atomic E-state index is -3.36. The first-order valence-electron chi connectivity index (χ1n) is 8.32. The molecule has 7 nitrogen and oxygen atoms in total. The van der Waals surface area contributed by atoms with E-state index in [1.54, 1.807) is 31.0 Å². The number of sulfone groups is 1. The van der Waals surface area contributed by atoms with E-state index in [1.165, 1.54) is 0 Å². The topological polar surface area (TPSA) is 77.3 Å². The number of methoxy groups -OCH3 is 1. The molecule has 2 rings (SSSR count). The van der Waals surface area contributed by atoms with Crippen molar-refractivity contribution in [3.63, 3.8) is 0 Å². The van der Waals surface area contributed by atoms with Crippen molar-refractivity contribution in [1.82, 2.24) is 19.4 Å². The van der Waals surface area contributed by atoms with Crippen molar-refractivity contribution in [3.05, 3.63) is 42.0 Å². The third-order valence-electron chi connectivity index (χ3n) is 3.99. The zero-order valence-electron chi connectivity index (χ0n) is 15.1. The summed E-state index contributed by atoms with van der Waals surface area (Å²) in [5.74, 6) is 0.0337. The van der Waals surface area contributed by atoms with E-state index in [0.29, 0.717) is 19.7 Å². The van der Waals surface area contributed by atoms with Crippen LogP contribution in [-0.4, -0.2) is 60.9 Å². The second-order valence-electron chi connectivity index (χ2n) is 5.89. The number of hydrogen-bond donors (Lipinski definition) is 0. The average Bonchev–Trinajstić information content (AvgIpc) is 3.02. The van der Waals surface area contributed by atoms with E-state index in [9.17, 15) is 8.42 Å². The Balaban J connectivity index is 2.09. The van der Waals surface area contributed by atoms with Gasteiger partial charge in [0.15, 0.2) is 0 Å². The molecule has 2 aromatic rings. The maximum atomic E-state index is 12.2. The molecule has 0 aliphatic heterocycles. The maximum absolute atomic E-state index is 12.2. The van der Waals surface area contributed by atoms with Gasteiger partial charge in [0.1, 0.15) is 0 Å². The van der Waals surface area contributed by atoms with Crippen LogP contribution in [0.15, 0.2) is 35.7 Å². The first-order valence-corrected chi connectivity index (χ1v) is 9.97. The summed E-state index contributed by atoms with van der Waals surface area (Å²) < 4.78 is 31.4. The number of aromatic nitrogens is 3. The Bertz CT molecular complexity index is 759. The van der Waals surface area contributed by atoms with Crippen LogP contribution in [0.25, 0.3) is 0 Å². The highest BCUT2D eigenvalue weighted by Gasteiger charge is 2.21. The lowest BCUT2D eigenvalue weighted by Gasteiger charge is -2.18. The second kappa shape index (κ2) is 9.07. The van der Waals surface area contributed by atoms with Gasteiger partial charge in [0, 0.05) is 45.1 Å². The van der Waals surface area contributed by atoms with E-state index in [2.05, 4.69) is 14.9 Å². The molecule has 2 heterocycles. The molecular formula is C17H26N4O3S. The van der Waals surface area contributed by atoms with Gasteiger partial charge in [-0.3, -0.25) is 4.98 Å². The van der Waals surface area contributed by atoms with Crippen molar-refractivity contribution in [2.24, 2.45) is 0 Å². The summed E-state index contributed by atoms with van der Waals surface area (Å²) in [5.41, 5.74) is 1.91. The monoisotopic (exact) mass is 366 g/mol. The number of nitrogens with zero attached hydrogens (tertiary/aromatic N) is 4. The Kier molecular flexibility index (Phi) is 7.10. The van der Waals surface area contributed by atoms with Crippen LogP contribution in [-0.2, 0) is 34.1 Å². The third-order valence-corrected chi connectivity index (χ3v) is 5.63. The molecule has 0 unspecified atom stereocenters. The van der Waals surface area contributed by atoms with Crippen molar-refractivity contribution < 1.29 is 13.2 Å². The Hall–Kier alpha value is -1.77. The molecular weight excluding hydrogens is 340 g/mol. The highest BCUT2D eigenvalue weighted by molar-refractivity contribution is 7.91. The third kappa shape index (κ3) is 5.35. The molecule has 0 atom stereocenters. The van der Waals surface area contributed by atoms with E-state index < -0.39 is 9.84 Å². The molecule has 0 N–H and O–H groups in total. The highest BCUT2D eigenvalue weighted by Crippen LogP contribution is 2.15. The van der Waals surface area contributed by atoms with Crippen LogP contribution in [0, 0.1) is 0 Å². The van der Waals surface area contributed by atoms with E-state index >= 15 is 0 Å². The van der Waals surface area contributed by atoms with Crippen LogP contribution in [0.5, 0.6) is 0 Å². The number of ether oxygens (including phenoxy) is 1. The van der Waals surface area contributed by atoms with Gasteiger partial charge in [0.2, 0.25) is 15.0 Å². The summed E-state index contributed by atoms with van der Waals surface area (Å²) >= 11 is 0. The standard InChI is InChI=1S/C17H26N4O3S/c1-4-25(22,23)17-19-13-16(21(17)11-12-24-3)14-20(2)10-8-15-7-5-6-9-18-15/h5-7,9,13H,4,8,10-12,14H2,1-3H3. The zero-order chi connectivity index (χ0) is 18.3. The SMILES string of the molecule is CCS(=O)(=O)c1ncc(CN(C)CCc2ccccn2)n1CCOC. The first-order chi connectivity index (χ1) is 12.0. The lowest BCUT2D eigenvalue weighted by Crippen LogP contribution is -2.24. The fourth-order valence-electron chi connectivity index (χ4n) is 2.52. The molecule has 0 bridgehead atoms. The number of hydrogen-bond acceptors (Lipinski definition) is 6. The molecule has 138 valence electrons. The van der Waals surface area contributed by atoms with Gasteiger partial charge in [-0.25, -0.2) is 13.4 Å². The van der Waals surface area contributed by atoms with Crippen LogP contribution in [0.1, 0.15) is 18.3 Å². The molecule has 0 aliphatic carbocycles. The van der Waals surface area contributed by atoms with Gasteiger partial charge < -0.3 is 14.2 Å². The maximum Gasteiger partial charge on any atom is 0.227 e. The van der Waals surface area contributed by atoms with Crippen molar-refractivity contribution in [2.75, 3.05) is 33.1 Å². The highest BCUT2D eigenvalue weighted by atomic mass is 32.2. The van der Waals surface area contributed by atoms with Gasteiger partial charge in [-0.1, -0.05) is 13.0 Å². The van der Waals surface area contributed by atoms with E-state index in [4.69, 9.17) is 4.74 Å². The summed E-state index contributed by atoms with van der Waals surface area (Å²) in [7, 11) is 0.244. The lowest BCUT2D eigenvalue weighted by atomic mass is 10.2. The molecule has 0 fully saturated rings. The predicted octanol–water partition coefficient (Wildman–Crippen LogP) is 1.39. The smallest absolute Gasteiger partial charge is 0.227 e. The summed E-state index contributed by atoms with van der Waals surface area (Å²) in [6, 6.07) is 5.88. The van der Waals surface area contributed by atoms with E-state index in [1.807, 2.05) is 25.2 Å². The first kappa shape index (κ1) is 19.6. The molecule has 0 saturated carbocycles. The van der Waals surface area contributed by atoms with Crippen LogP contribution in [0.3, 0.4) is 0 Å². The van der Waals surface area contributed by atoms with Gasteiger partial charge in [-0.15, -0.1) is 0 Å². The molecule has 0 aliphatic rings. The number of pyridine rings is 1. The minimum Gasteiger partial charge on any atom is -0.383 e. The Labute approximate surface area is 149 Å². The molecule has 0 saturated heterocycles. The molecule has 8 heteroatoms. The molecule has 0 aromatic carbocycles. The second-order valence-corrected chi connectivity index (χ2v) is 8.06. The summed E-state index contributed by atoms with van der Waals surface area (Å²) in [6.07, 6.45) is 4.27. The van der Waals surface area contributed by atoms with Crippen LogP contribution >= 0.6 is 0 Å². The Morgan fingerprint density at radius 2 is 2.08 bits per heavy atom. The van der Waals surface area contributed by atoms with Crippen molar-refractivity contribution in [3.8, 4) is 0 Å². The summed E-state index contributed by atoms with van der Waals surface area (Å²) in [6.45, 7) is 3.97. The summed E-state index contributed by atoms with van der Waals surface area (Å²) in [4.78, 5) is 10.6. The number of imidazole rings is 1. The Morgan fingerprint density at radius 1 is 1.28 bits per heavy atom. The van der Waals surface area contributed by atoms with Crippen LogP contribution in [0.4, 0.5) is 0 Å². The van der Waals surface area contributed by atoms with Crippen molar-refractivity contribution in [2.45, 2.75) is 31.6 Å². The normalized spacial score (nSPS) is 12.0. The minimum absolute atomic E-state index is 0.0337. The molecule has 2 aromatic heterocycles. The van der Waals surface area contributed by atoms with Gasteiger partial charge >= 0.3 is 0 Å². The van der Waals surface area contributed by atoms with E-state index in [0.717, 1.165) is 24.4 Å². The molecule has 0 spiro atoms. The van der Waals surface area contributed by atoms with Crippen molar-refractivity contribution >= 4 is 9.84 Å². The fraction of sp³-hybridized carbons (Fsp3) is 0.529. The average molecular weight is 366 g/mol. The van der Waals surface area contributed by atoms with Crippen LogP contribution in [0.2, 0.25) is 0 Å². The van der Waals surface area contributed by atoms with Gasteiger partial charge in [-0.05, 0) is 19.2 Å². The van der Waals surface area contributed by atoms with Crippen LogP contribution < -0.4 is 0 Å². The van der Waals surface area contributed by atoms with E-state index in [-0.39, 0.29) is 10.9 Å². The number of rotatable bonds is 10. The molecule has 25 heavy (non-hydrogen) atoms. The van der Waals surface area contributed by atoms with Gasteiger partial charge in [0.05, 0.1) is 24.3 Å². The van der Waals surface area contributed by atoms with Gasteiger partial charge in [0.25, 0.3) is 0 Å². The van der Waals surface area contributed by atoms with Gasteiger partial charge in [-0.2, -0.15) is 0 Å². The Morgan fingerprint density at radius 3 is 2.72 bits per heavy atom. The lowest BCUT2D eigenvalue weighted by molar-refractivity contribution is 0.182. The fourth-order valence-corrected chi connectivity index (χ4v) is 3.54. The zero-order valence-corrected chi connectivity index (χ0v) is 15.9.